The molecule has 1 N–H and O–H groups in total. The summed E-state index contributed by atoms with van der Waals surface area (Å²) in [5.41, 5.74) is 2.67. The minimum Gasteiger partial charge on any atom is -0.360 e. The first-order valence-corrected chi connectivity index (χ1v) is 9.39. The lowest BCUT2D eigenvalue weighted by Crippen LogP contribution is -2.36. The van der Waals surface area contributed by atoms with Crippen molar-refractivity contribution < 1.29 is 0 Å². The maximum atomic E-state index is 4.97. The molecule has 0 radical (unpaired) electrons. The quantitative estimate of drug-likeness (QED) is 0.879. The Morgan fingerprint density at radius 3 is 2.09 bits per heavy atom. The van der Waals surface area contributed by atoms with Gasteiger partial charge in [-0.05, 0) is 24.0 Å². The molecule has 1 aliphatic heterocycles. The summed E-state index contributed by atoms with van der Waals surface area (Å²) >= 11 is 1.86. The zero-order chi connectivity index (χ0) is 15.5. The zero-order valence-electron chi connectivity index (χ0n) is 13.2. The first-order valence-electron chi connectivity index (χ1n) is 8.51. The third-order valence-corrected chi connectivity index (χ3v) is 5.98. The number of aliphatic imine (C=N–C) groups is 1. The van der Waals surface area contributed by atoms with Crippen LogP contribution in [0.15, 0.2) is 65.7 Å². The monoisotopic (exact) mass is 322 g/mol. The number of amidine groups is 1. The molecule has 0 aromatic heterocycles. The van der Waals surface area contributed by atoms with Gasteiger partial charge in [-0.2, -0.15) is 0 Å². The summed E-state index contributed by atoms with van der Waals surface area (Å²) in [6.07, 6.45) is 5.16. The number of hydrogen-bond acceptors (Lipinski definition) is 3. The van der Waals surface area contributed by atoms with Crippen molar-refractivity contribution in [2.24, 2.45) is 4.99 Å². The molecule has 2 aliphatic rings. The summed E-state index contributed by atoms with van der Waals surface area (Å²) in [6.45, 7) is 0. The van der Waals surface area contributed by atoms with Crippen molar-refractivity contribution in [3.8, 4) is 0 Å². The van der Waals surface area contributed by atoms with Gasteiger partial charge in [0.1, 0.15) is 0 Å². The van der Waals surface area contributed by atoms with Gasteiger partial charge in [-0.25, -0.2) is 0 Å². The molecule has 0 amide bonds. The van der Waals surface area contributed by atoms with Crippen molar-refractivity contribution in [1.29, 1.82) is 0 Å². The van der Waals surface area contributed by atoms with Crippen molar-refractivity contribution in [3.63, 3.8) is 0 Å². The van der Waals surface area contributed by atoms with Gasteiger partial charge in [0, 0.05) is 0 Å². The van der Waals surface area contributed by atoms with Crippen LogP contribution in [0.4, 0.5) is 0 Å². The Morgan fingerprint density at radius 2 is 1.48 bits per heavy atom. The molecule has 0 unspecified atom stereocenters. The van der Waals surface area contributed by atoms with Gasteiger partial charge >= 0.3 is 0 Å². The van der Waals surface area contributed by atoms with Crippen molar-refractivity contribution in [3.05, 3.63) is 71.8 Å². The lowest BCUT2D eigenvalue weighted by Gasteiger charge is -2.23. The van der Waals surface area contributed by atoms with Crippen LogP contribution in [-0.4, -0.2) is 17.3 Å². The Hall–Kier alpha value is -1.74. The first-order chi connectivity index (χ1) is 11.4. The summed E-state index contributed by atoms with van der Waals surface area (Å²) in [5.74, 6) is 0. The molecule has 3 heteroatoms. The molecule has 2 nitrogen and oxygen atoms in total. The summed E-state index contributed by atoms with van der Waals surface area (Å²) in [7, 11) is 0. The second kappa shape index (κ2) is 6.79. The normalized spacial score (nSPS) is 23.3. The van der Waals surface area contributed by atoms with Gasteiger partial charge in [-0.3, -0.25) is 4.99 Å². The van der Waals surface area contributed by atoms with Gasteiger partial charge < -0.3 is 5.32 Å². The summed E-state index contributed by atoms with van der Waals surface area (Å²) < 4.78 is 0. The van der Waals surface area contributed by atoms with Crippen LogP contribution in [0.5, 0.6) is 0 Å². The lowest BCUT2D eigenvalue weighted by atomic mass is 9.92. The van der Waals surface area contributed by atoms with Gasteiger partial charge in [0.15, 0.2) is 5.17 Å². The van der Waals surface area contributed by atoms with Crippen molar-refractivity contribution in [2.75, 3.05) is 0 Å². The number of hydrogen-bond donors (Lipinski definition) is 1. The largest absolute Gasteiger partial charge is 0.360 e. The second-order valence-electron chi connectivity index (χ2n) is 6.36. The molecule has 0 saturated heterocycles. The van der Waals surface area contributed by atoms with E-state index in [0.717, 1.165) is 5.17 Å². The maximum absolute atomic E-state index is 4.97. The van der Waals surface area contributed by atoms with Gasteiger partial charge in [0.2, 0.25) is 0 Å². The number of nitrogens with zero attached hydrogens (tertiary/aromatic N) is 1. The lowest BCUT2D eigenvalue weighted by molar-refractivity contribution is 0.385. The number of fused-ring (bicyclic) bond motifs is 1. The van der Waals surface area contributed by atoms with Crippen LogP contribution < -0.4 is 5.32 Å². The Labute approximate surface area is 142 Å². The third-order valence-electron chi connectivity index (χ3n) is 4.76. The molecule has 1 heterocycles. The van der Waals surface area contributed by atoms with Gasteiger partial charge in [0.05, 0.1) is 17.3 Å². The minimum atomic E-state index is 0.295. The highest BCUT2D eigenvalue weighted by Crippen LogP contribution is 2.38. The summed E-state index contributed by atoms with van der Waals surface area (Å²) in [4.78, 5) is 4.97. The van der Waals surface area contributed by atoms with Crippen molar-refractivity contribution in [2.45, 2.75) is 43.0 Å². The molecule has 1 saturated carbocycles. The standard InChI is InChI=1S/C20H22N2S/c1-3-9-15(10-4-1)19(16-11-5-2-6-12-16)23-20-21-17-13-7-8-14-18(17)22-20/h1-6,9-12,17-19H,7-8,13-14H2,(H,21,22)/t17-,18-/m0/s1. The van der Waals surface area contributed by atoms with E-state index in [4.69, 9.17) is 4.99 Å². The van der Waals surface area contributed by atoms with Crippen LogP contribution >= 0.6 is 11.8 Å². The Bertz CT molecular complexity index is 629. The molecule has 0 bridgehead atoms. The van der Waals surface area contributed by atoms with Crippen LogP contribution in [0.2, 0.25) is 0 Å². The predicted octanol–water partition coefficient (Wildman–Crippen LogP) is 4.78. The van der Waals surface area contributed by atoms with E-state index in [9.17, 15) is 0 Å². The van der Waals surface area contributed by atoms with E-state index in [1.807, 2.05) is 11.8 Å². The Morgan fingerprint density at radius 1 is 0.870 bits per heavy atom. The van der Waals surface area contributed by atoms with E-state index in [2.05, 4.69) is 66.0 Å². The Balaban J connectivity index is 1.59. The number of nitrogens with one attached hydrogen (secondary N) is 1. The molecule has 1 fully saturated rings. The molecule has 23 heavy (non-hydrogen) atoms. The number of benzene rings is 2. The van der Waals surface area contributed by atoms with Crippen LogP contribution in [0.25, 0.3) is 0 Å². The number of rotatable bonds is 3. The van der Waals surface area contributed by atoms with E-state index >= 15 is 0 Å². The van der Waals surface area contributed by atoms with Crippen LogP contribution in [0.3, 0.4) is 0 Å². The van der Waals surface area contributed by atoms with Gasteiger partial charge in [-0.1, -0.05) is 85.3 Å². The molecule has 2 atom stereocenters. The fourth-order valence-corrected chi connectivity index (χ4v) is 4.77. The van der Waals surface area contributed by atoms with E-state index in [-0.39, 0.29) is 0 Å². The highest BCUT2D eigenvalue weighted by atomic mass is 32.2. The average Bonchev–Trinajstić information content (AvgIpc) is 3.04. The van der Waals surface area contributed by atoms with E-state index < -0.39 is 0 Å². The summed E-state index contributed by atoms with van der Waals surface area (Å²) in [6, 6.07) is 22.6. The molecule has 118 valence electrons. The fourth-order valence-electron chi connectivity index (χ4n) is 3.54. The SMILES string of the molecule is c1ccc(C(SC2=N[C@H]3CCCC[C@@H]3N2)c2ccccc2)cc1. The summed E-state index contributed by atoms with van der Waals surface area (Å²) in [5, 5.41) is 5.10. The molecule has 2 aromatic carbocycles. The fraction of sp³-hybridized carbons (Fsp3) is 0.350. The highest BCUT2D eigenvalue weighted by molar-refractivity contribution is 8.14. The average molecular weight is 322 g/mol. The number of thioether (sulfide) groups is 1. The topological polar surface area (TPSA) is 24.4 Å². The maximum Gasteiger partial charge on any atom is 0.158 e. The van der Waals surface area contributed by atoms with Crippen molar-refractivity contribution >= 4 is 16.9 Å². The highest BCUT2D eigenvalue weighted by Gasteiger charge is 2.32. The zero-order valence-corrected chi connectivity index (χ0v) is 14.0. The van der Waals surface area contributed by atoms with Gasteiger partial charge in [0.25, 0.3) is 0 Å². The third kappa shape index (κ3) is 3.30. The van der Waals surface area contributed by atoms with Crippen molar-refractivity contribution in [1.82, 2.24) is 5.32 Å². The Kier molecular flexibility index (Phi) is 4.38. The minimum absolute atomic E-state index is 0.295. The molecule has 0 spiro atoms. The van der Waals surface area contributed by atoms with Crippen LogP contribution in [0.1, 0.15) is 42.1 Å². The van der Waals surface area contributed by atoms with E-state index in [0.29, 0.717) is 17.3 Å². The molecule has 2 aromatic rings. The predicted molar refractivity (Wildman–Crippen MR) is 98.9 cm³/mol. The molecular formula is C20H22N2S. The first kappa shape index (κ1) is 14.8. The molecule has 1 aliphatic carbocycles. The van der Waals surface area contributed by atoms with Gasteiger partial charge in [-0.15, -0.1) is 0 Å². The molecular weight excluding hydrogens is 300 g/mol. The van der Waals surface area contributed by atoms with Crippen LogP contribution in [-0.2, 0) is 0 Å². The second-order valence-corrected chi connectivity index (χ2v) is 7.45. The smallest absolute Gasteiger partial charge is 0.158 e. The van der Waals surface area contributed by atoms with Crippen LogP contribution in [0, 0.1) is 0 Å². The van der Waals surface area contributed by atoms with E-state index in [1.165, 1.54) is 36.8 Å². The van der Waals surface area contributed by atoms with E-state index in [1.54, 1.807) is 0 Å². The molecule has 4 rings (SSSR count).